The third-order valence-corrected chi connectivity index (χ3v) is 4.81. The minimum atomic E-state index is -0.0496. The molecule has 110 valence electrons. The van der Waals surface area contributed by atoms with Gasteiger partial charge in [0.1, 0.15) is 5.82 Å². The molecule has 0 aromatic heterocycles. The lowest BCUT2D eigenvalue weighted by atomic mass is 10.0. The van der Waals surface area contributed by atoms with E-state index in [1.54, 1.807) is 6.07 Å². The van der Waals surface area contributed by atoms with Crippen LogP contribution in [0.1, 0.15) is 38.2 Å². The Balaban J connectivity index is 1.72. The van der Waals surface area contributed by atoms with Crippen molar-refractivity contribution in [3.8, 4) is 0 Å². The Labute approximate surface area is 121 Å². The maximum absolute atomic E-state index is 14.3. The van der Waals surface area contributed by atoms with Gasteiger partial charge in [0.05, 0.1) is 5.69 Å². The number of aryl methyl sites for hydroxylation is 1. The molecule has 1 aromatic rings. The van der Waals surface area contributed by atoms with Gasteiger partial charge in [-0.25, -0.2) is 4.39 Å². The second-order valence-electron chi connectivity index (χ2n) is 6.12. The molecule has 1 atom stereocenters. The molecule has 20 heavy (non-hydrogen) atoms. The number of likely N-dealkylation sites (tertiary alicyclic amines) is 1. The lowest BCUT2D eigenvalue weighted by Gasteiger charge is -2.39. The SMILES string of the molecule is CCc1ccc(N2CCCC(N3CCCC3)C2)c(F)c1. The van der Waals surface area contributed by atoms with Crippen LogP contribution in [0.25, 0.3) is 0 Å². The van der Waals surface area contributed by atoms with Crippen LogP contribution >= 0.6 is 0 Å². The molecule has 2 fully saturated rings. The molecule has 2 aliphatic heterocycles. The molecule has 0 radical (unpaired) electrons. The van der Waals surface area contributed by atoms with Crippen molar-refractivity contribution in [3.63, 3.8) is 0 Å². The number of nitrogens with zero attached hydrogens (tertiary/aromatic N) is 2. The van der Waals surface area contributed by atoms with Crippen molar-refractivity contribution in [2.45, 2.75) is 45.1 Å². The average Bonchev–Trinajstić information content (AvgIpc) is 3.01. The first-order valence-electron chi connectivity index (χ1n) is 8.05. The summed E-state index contributed by atoms with van der Waals surface area (Å²) in [6, 6.07) is 6.37. The molecule has 0 amide bonds. The molecule has 3 rings (SSSR count). The molecule has 3 heteroatoms. The Hall–Kier alpha value is -1.09. The van der Waals surface area contributed by atoms with Crippen molar-refractivity contribution >= 4 is 5.69 Å². The standard InChI is InChI=1S/C17H25FN2/c1-2-14-7-8-17(16(18)12-14)20-11-5-6-15(13-20)19-9-3-4-10-19/h7-8,12,15H,2-6,9-11,13H2,1H3. The highest BCUT2D eigenvalue weighted by Gasteiger charge is 2.28. The lowest BCUT2D eigenvalue weighted by molar-refractivity contribution is 0.215. The first-order valence-corrected chi connectivity index (χ1v) is 8.05. The van der Waals surface area contributed by atoms with E-state index >= 15 is 0 Å². The van der Waals surface area contributed by atoms with E-state index in [2.05, 4.69) is 22.8 Å². The van der Waals surface area contributed by atoms with Crippen molar-refractivity contribution in [1.29, 1.82) is 0 Å². The van der Waals surface area contributed by atoms with Gasteiger partial charge in [-0.05, 0) is 62.9 Å². The number of piperidine rings is 1. The maximum atomic E-state index is 14.3. The van der Waals surface area contributed by atoms with Crippen molar-refractivity contribution in [2.75, 3.05) is 31.1 Å². The molecular formula is C17H25FN2. The fourth-order valence-electron chi connectivity index (χ4n) is 3.61. The van der Waals surface area contributed by atoms with E-state index in [1.165, 1.54) is 38.8 Å². The quantitative estimate of drug-likeness (QED) is 0.834. The minimum absolute atomic E-state index is 0.0496. The molecule has 2 nitrogen and oxygen atoms in total. The summed E-state index contributed by atoms with van der Waals surface area (Å²) in [7, 11) is 0. The van der Waals surface area contributed by atoms with Crippen LogP contribution in [0.3, 0.4) is 0 Å². The van der Waals surface area contributed by atoms with Crippen LogP contribution in [0.15, 0.2) is 18.2 Å². The zero-order valence-corrected chi connectivity index (χ0v) is 12.4. The summed E-state index contributed by atoms with van der Waals surface area (Å²) in [5.41, 5.74) is 1.88. The molecule has 0 saturated carbocycles. The van der Waals surface area contributed by atoms with Crippen molar-refractivity contribution in [1.82, 2.24) is 4.90 Å². The molecule has 1 unspecified atom stereocenters. The molecule has 0 N–H and O–H groups in total. The van der Waals surface area contributed by atoms with Crippen LogP contribution in [-0.2, 0) is 6.42 Å². The van der Waals surface area contributed by atoms with Gasteiger partial charge in [-0.3, -0.25) is 4.90 Å². The van der Waals surface area contributed by atoms with Gasteiger partial charge in [-0.1, -0.05) is 13.0 Å². The fourth-order valence-corrected chi connectivity index (χ4v) is 3.61. The second-order valence-corrected chi connectivity index (χ2v) is 6.12. The molecule has 2 saturated heterocycles. The Kier molecular flexibility index (Phi) is 4.25. The summed E-state index contributed by atoms with van der Waals surface area (Å²) >= 11 is 0. The van der Waals surface area contributed by atoms with E-state index < -0.39 is 0 Å². The first-order chi connectivity index (χ1) is 9.78. The summed E-state index contributed by atoms with van der Waals surface area (Å²) in [4.78, 5) is 4.85. The molecule has 0 bridgehead atoms. The van der Waals surface area contributed by atoms with Gasteiger partial charge in [0.2, 0.25) is 0 Å². The number of hydrogen-bond donors (Lipinski definition) is 0. The zero-order chi connectivity index (χ0) is 13.9. The second kappa shape index (κ2) is 6.13. The summed E-state index contributed by atoms with van der Waals surface area (Å²) < 4.78 is 14.3. The average molecular weight is 276 g/mol. The Morgan fingerprint density at radius 2 is 1.95 bits per heavy atom. The predicted octanol–water partition coefficient (Wildman–Crippen LogP) is 3.45. The van der Waals surface area contributed by atoms with E-state index in [0.717, 1.165) is 30.8 Å². The molecule has 0 aliphatic carbocycles. The zero-order valence-electron chi connectivity index (χ0n) is 12.4. The third kappa shape index (κ3) is 2.83. The maximum Gasteiger partial charge on any atom is 0.146 e. The van der Waals surface area contributed by atoms with Crippen LogP contribution in [0.5, 0.6) is 0 Å². The molecular weight excluding hydrogens is 251 g/mol. The van der Waals surface area contributed by atoms with Crippen LogP contribution < -0.4 is 4.90 Å². The fraction of sp³-hybridized carbons (Fsp3) is 0.647. The van der Waals surface area contributed by atoms with Crippen LogP contribution in [0, 0.1) is 5.82 Å². The summed E-state index contributed by atoms with van der Waals surface area (Å²) in [6.45, 7) is 6.51. The summed E-state index contributed by atoms with van der Waals surface area (Å²) in [5.74, 6) is -0.0496. The normalized spacial score (nSPS) is 24.3. The Bertz CT molecular complexity index is 454. The van der Waals surface area contributed by atoms with E-state index in [-0.39, 0.29) is 5.82 Å². The van der Waals surface area contributed by atoms with Gasteiger partial charge in [-0.2, -0.15) is 0 Å². The van der Waals surface area contributed by atoms with E-state index in [0.29, 0.717) is 6.04 Å². The topological polar surface area (TPSA) is 6.48 Å². The van der Waals surface area contributed by atoms with Gasteiger partial charge in [-0.15, -0.1) is 0 Å². The largest absolute Gasteiger partial charge is 0.368 e. The van der Waals surface area contributed by atoms with Crippen molar-refractivity contribution in [3.05, 3.63) is 29.6 Å². The number of hydrogen-bond acceptors (Lipinski definition) is 2. The summed E-state index contributed by atoms with van der Waals surface area (Å²) in [6.07, 6.45) is 6.00. The highest BCUT2D eigenvalue weighted by Crippen LogP contribution is 2.27. The third-order valence-electron chi connectivity index (χ3n) is 4.81. The van der Waals surface area contributed by atoms with Crippen molar-refractivity contribution < 1.29 is 4.39 Å². The van der Waals surface area contributed by atoms with Gasteiger partial charge in [0, 0.05) is 19.1 Å². The van der Waals surface area contributed by atoms with Crippen molar-refractivity contribution in [2.24, 2.45) is 0 Å². The molecule has 0 spiro atoms. The minimum Gasteiger partial charge on any atom is -0.368 e. The number of rotatable bonds is 3. The number of anilines is 1. The Morgan fingerprint density at radius 3 is 2.65 bits per heavy atom. The molecule has 1 aromatic carbocycles. The molecule has 2 aliphatic rings. The smallest absolute Gasteiger partial charge is 0.146 e. The number of halogens is 1. The predicted molar refractivity (Wildman–Crippen MR) is 81.8 cm³/mol. The monoisotopic (exact) mass is 276 g/mol. The van der Waals surface area contributed by atoms with Crippen LogP contribution in [0.2, 0.25) is 0 Å². The molecule has 2 heterocycles. The van der Waals surface area contributed by atoms with E-state index in [9.17, 15) is 4.39 Å². The van der Waals surface area contributed by atoms with E-state index in [4.69, 9.17) is 0 Å². The van der Waals surface area contributed by atoms with Crippen LogP contribution in [-0.4, -0.2) is 37.1 Å². The summed E-state index contributed by atoms with van der Waals surface area (Å²) in [5, 5.41) is 0. The van der Waals surface area contributed by atoms with Gasteiger partial charge in [0.15, 0.2) is 0 Å². The Morgan fingerprint density at radius 1 is 1.15 bits per heavy atom. The van der Waals surface area contributed by atoms with Gasteiger partial charge in [0.25, 0.3) is 0 Å². The van der Waals surface area contributed by atoms with Gasteiger partial charge < -0.3 is 4.90 Å². The van der Waals surface area contributed by atoms with E-state index in [1.807, 2.05) is 6.07 Å². The highest BCUT2D eigenvalue weighted by atomic mass is 19.1. The van der Waals surface area contributed by atoms with Gasteiger partial charge >= 0.3 is 0 Å². The van der Waals surface area contributed by atoms with Crippen LogP contribution in [0.4, 0.5) is 10.1 Å². The highest BCUT2D eigenvalue weighted by molar-refractivity contribution is 5.49. The first kappa shape index (κ1) is 13.9. The lowest BCUT2D eigenvalue weighted by Crippen LogP contribution is -2.47. The number of benzene rings is 1.